The molecule has 2 atom stereocenters. The van der Waals surface area contributed by atoms with E-state index in [1.165, 1.54) is 11.0 Å². The Balaban J connectivity index is 2.37. The Hall–Kier alpha value is -1.47. The number of halogens is 4. The molecular formula is C16H19ClF3NO3. The van der Waals surface area contributed by atoms with E-state index >= 15 is 0 Å². The Labute approximate surface area is 143 Å². The second kappa shape index (κ2) is 6.44. The SMILES string of the molecule is CC(C)(C)OC(=O)C1CCC(O)N1c1cc(Cl)cc(C(F)(F)F)c1. The Morgan fingerprint density at radius 3 is 2.42 bits per heavy atom. The standard InChI is InChI=1S/C16H19ClF3NO3/c1-15(2,3)24-14(23)12-4-5-13(22)21(12)11-7-9(16(18,19)20)6-10(17)8-11/h6-8,12-13,22H,4-5H2,1-3H3. The van der Waals surface area contributed by atoms with Crippen LogP contribution in [-0.4, -0.2) is 28.9 Å². The van der Waals surface area contributed by atoms with Crippen LogP contribution in [0.2, 0.25) is 5.02 Å². The van der Waals surface area contributed by atoms with Gasteiger partial charge in [-0.1, -0.05) is 11.6 Å². The third-order valence-electron chi connectivity index (χ3n) is 3.54. The number of hydrogen-bond donors (Lipinski definition) is 1. The first-order valence-corrected chi connectivity index (χ1v) is 7.83. The second-order valence-corrected chi connectivity index (χ2v) is 7.15. The number of ether oxygens (including phenoxy) is 1. The van der Waals surface area contributed by atoms with Crippen molar-refractivity contribution in [1.82, 2.24) is 0 Å². The summed E-state index contributed by atoms with van der Waals surface area (Å²) in [7, 11) is 0. The Morgan fingerprint density at radius 2 is 1.88 bits per heavy atom. The van der Waals surface area contributed by atoms with Crippen molar-refractivity contribution in [2.45, 2.75) is 57.7 Å². The van der Waals surface area contributed by atoms with Crippen molar-refractivity contribution in [3.05, 3.63) is 28.8 Å². The smallest absolute Gasteiger partial charge is 0.416 e. The summed E-state index contributed by atoms with van der Waals surface area (Å²) in [6.07, 6.45) is -5.13. The van der Waals surface area contributed by atoms with Crippen LogP contribution < -0.4 is 4.90 Å². The molecule has 4 nitrogen and oxygen atoms in total. The maximum Gasteiger partial charge on any atom is 0.416 e. The first-order chi connectivity index (χ1) is 10.9. The van der Waals surface area contributed by atoms with Gasteiger partial charge in [0.05, 0.1) is 5.56 Å². The third kappa shape index (κ3) is 4.33. The molecule has 8 heteroatoms. The lowest BCUT2D eigenvalue weighted by Gasteiger charge is -2.31. The second-order valence-electron chi connectivity index (χ2n) is 6.71. The van der Waals surface area contributed by atoms with Gasteiger partial charge in [0.2, 0.25) is 0 Å². The summed E-state index contributed by atoms with van der Waals surface area (Å²) >= 11 is 5.79. The highest BCUT2D eigenvalue weighted by molar-refractivity contribution is 6.31. The first kappa shape index (κ1) is 18.9. The van der Waals surface area contributed by atoms with Gasteiger partial charge in [0, 0.05) is 10.7 Å². The quantitative estimate of drug-likeness (QED) is 0.805. The fraction of sp³-hybridized carbons (Fsp3) is 0.562. The van der Waals surface area contributed by atoms with Crippen molar-refractivity contribution in [2.24, 2.45) is 0 Å². The highest BCUT2D eigenvalue weighted by Crippen LogP contribution is 2.38. The van der Waals surface area contributed by atoms with Gasteiger partial charge in [0.15, 0.2) is 0 Å². The van der Waals surface area contributed by atoms with Crippen LogP contribution in [0, 0.1) is 0 Å². The van der Waals surface area contributed by atoms with Crippen LogP contribution in [0.3, 0.4) is 0 Å². The lowest BCUT2D eigenvalue weighted by molar-refractivity contribution is -0.156. The molecule has 24 heavy (non-hydrogen) atoms. The predicted octanol–water partition coefficient (Wildman–Crippen LogP) is 3.99. The Kier molecular flexibility index (Phi) is 5.06. The molecule has 0 spiro atoms. The van der Waals surface area contributed by atoms with Gasteiger partial charge in [-0.25, -0.2) is 4.79 Å². The molecule has 134 valence electrons. The summed E-state index contributed by atoms with van der Waals surface area (Å²) in [5, 5.41) is 10.0. The van der Waals surface area contributed by atoms with Gasteiger partial charge in [-0.2, -0.15) is 13.2 Å². The van der Waals surface area contributed by atoms with Crippen LogP contribution >= 0.6 is 11.6 Å². The number of aliphatic hydroxyl groups is 1. The summed E-state index contributed by atoms with van der Waals surface area (Å²) in [4.78, 5) is 13.6. The fourth-order valence-corrected chi connectivity index (χ4v) is 2.86. The lowest BCUT2D eigenvalue weighted by atomic mass is 10.1. The van der Waals surface area contributed by atoms with E-state index in [0.717, 1.165) is 12.1 Å². The number of rotatable bonds is 2. The molecule has 1 heterocycles. The van der Waals surface area contributed by atoms with Crippen LogP contribution in [0.25, 0.3) is 0 Å². The van der Waals surface area contributed by atoms with E-state index in [1.807, 2.05) is 0 Å². The molecule has 0 bridgehead atoms. The molecule has 1 N–H and O–H groups in total. The average molecular weight is 366 g/mol. The number of carbonyl (C=O) groups excluding carboxylic acids is 1. The molecule has 0 radical (unpaired) electrons. The van der Waals surface area contributed by atoms with Gasteiger partial charge >= 0.3 is 12.1 Å². The average Bonchev–Trinajstić information content (AvgIpc) is 2.77. The number of aliphatic hydroxyl groups excluding tert-OH is 1. The van der Waals surface area contributed by atoms with Gasteiger partial charge in [-0.3, -0.25) is 0 Å². The minimum atomic E-state index is -4.58. The van der Waals surface area contributed by atoms with Crippen molar-refractivity contribution in [2.75, 3.05) is 4.90 Å². The molecule has 1 aliphatic heterocycles. The third-order valence-corrected chi connectivity index (χ3v) is 3.76. The summed E-state index contributed by atoms with van der Waals surface area (Å²) in [5.74, 6) is -0.590. The van der Waals surface area contributed by atoms with E-state index < -0.39 is 35.6 Å². The number of esters is 1. The van der Waals surface area contributed by atoms with Crippen molar-refractivity contribution in [1.29, 1.82) is 0 Å². The van der Waals surface area contributed by atoms with Gasteiger partial charge in [0.25, 0.3) is 0 Å². The maximum absolute atomic E-state index is 13.0. The van der Waals surface area contributed by atoms with Crippen LogP contribution in [-0.2, 0) is 15.7 Å². The zero-order valence-electron chi connectivity index (χ0n) is 13.5. The van der Waals surface area contributed by atoms with Crippen LogP contribution in [0.1, 0.15) is 39.2 Å². The molecular weight excluding hydrogens is 347 g/mol. The highest BCUT2D eigenvalue weighted by atomic mass is 35.5. The summed E-state index contributed by atoms with van der Waals surface area (Å²) in [5.41, 5.74) is -1.63. The van der Waals surface area contributed by atoms with Crippen molar-refractivity contribution in [3.63, 3.8) is 0 Å². The number of benzene rings is 1. The lowest BCUT2D eigenvalue weighted by Crippen LogP contribution is -2.44. The van der Waals surface area contributed by atoms with Crippen molar-refractivity contribution in [3.8, 4) is 0 Å². The number of hydrogen-bond acceptors (Lipinski definition) is 4. The number of anilines is 1. The zero-order valence-corrected chi connectivity index (χ0v) is 14.3. The van der Waals surface area contributed by atoms with Crippen molar-refractivity contribution >= 4 is 23.3 Å². The van der Waals surface area contributed by atoms with Crippen LogP contribution in [0.5, 0.6) is 0 Å². The molecule has 0 amide bonds. The molecule has 1 aromatic rings. The van der Waals surface area contributed by atoms with E-state index in [2.05, 4.69) is 0 Å². The Bertz CT molecular complexity index is 628. The topological polar surface area (TPSA) is 49.8 Å². The van der Waals surface area contributed by atoms with Gasteiger partial charge in [-0.15, -0.1) is 0 Å². The van der Waals surface area contributed by atoms with Gasteiger partial charge in [0.1, 0.15) is 17.9 Å². The summed E-state index contributed by atoms with van der Waals surface area (Å²) in [6.45, 7) is 5.09. The summed E-state index contributed by atoms with van der Waals surface area (Å²) in [6, 6.07) is 2.11. The van der Waals surface area contributed by atoms with E-state index in [0.29, 0.717) is 0 Å². The largest absolute Gasteiger partial charge is 0.458 e. The van der Waals surface area contributed by atoms with E-state index in [4.69, 9.17) is 16.3 Å². The van der Waals surface area contributed by atoms with Crippen LogP contribution in [0.15, 0.2) is 18.2 Å². The monoisotopic (exact) mass is 365 g/mol. The zero-order chi connectivity index (χ0) is 18.3. The molecule has 2 unspecified atom stereocenters. The predicted molar refractivity (Wildman–Crippen MR) is 83.8 cm³/mol. The van der Waals surface area contributed by atoms with Crippen molar-refractivity contribution < 1.29 is 27.8 Å². The number of alkyl halides is 3. The van der Waals surface area contributed by atoms with Gasteiger partial charge in [-0.05, 0) is 51.8 Å². The fourth-order valence-electron chi connectivity index (χ4n) is 2.63. The molecule has 1 fully saturated rings. The Morgan fingerprint density at radius 1 is 1.25 bits per heavy atom. The molecule has 1 aromatic carbocycles. The highest BCUT2D eigenvalue weighted by Gasteiger charge is 2.40. The first-order valence-electron chi connectivity index (χ1n) is 7.45. The molecule has 1 aliphatic rings. The van der Waals surface area contributed by atoms with E-state index in [1.54, 1.807) is 20.8 Å². The molecule has 2 rings (SSSR count). The minimum Gasteiger partial charge on any atom is -0.458 e. The van der Waals surface area contributed by atoms with Gasteiger partial charge < -0.3 is 14.7 Å². The molecule has 0 saturated carbocycles. The minimum absolute atomic E-state index is 0.0377. The van der Waals surface area contributed by atoms with Crippen LogP contribution in [0.4, 0.5) is 18.9 Å². The molecule has 0 aliphatic carbocycles. The molecule has 1 saturated heterocycles. The molecule has 0 aromatic heterocycles. The maximum atomic E-state index is 13.0. The normalized spacial score (nSPS) is 21.9. The number of nitrogens with zero attached hydrogens (tertiary/aromatic N) is 1. The van der Waals surface area contributed by atoms with E-state index in [-0.39, 0.29) is 23.6 Å². The summed E-state index contributed by atoms with van der Waals surface area (Å²) < 4.78 is 44.2. The number of carbonyl (C=O) groups is 1. The van der Waals surface area contributed by atoms with E-state index in [9.17, 15) is 23.1 Å².